The molecular formula is C18H23N3O. The zero-order valence-electron chi connectivity index (χ0n) is 13.3. The molecule has 0 unspecified atom stereocenters. The fourth-order valence-electron chi connectivity index (χ4n) is 2.65. The van der Waals surface area contributed by atoms with Gasteiger partial charge in [0.05, 0.1) is 0 Å². The first kappa shape index (κ1) is 16.1. The minimum absolute atomic E-state index is 0.115. The lowest BCUT2D eigenvalue weighted by Gasteiger charge is -2.22. The number of benzene rings is 1. The Morgan fingerprint density at radius 2 is 1.95 bits per heavy atom. The van der Waals surface area contributed by atoms with Crippen LogP contribution in [-0.4, -0.2) is 11.9 Å². The minimum Gasteiger partial charge on any atom is -0.360 e. The van der Waals surface area contributed by atoms with Gasteiger partial charge in [-0.3, -0.25) is 4.79 Å². The van der Waals surface area contributed by atoms with Crippen LogP contribution in [0, 0.1) is 25.2 Å². The molecule has 1 saturated carbocycles. The van der Waals surface area contributed by atoms with Crippen LogP contribution in [0.15, 0.2) is 30.0 Å². The third-order valence-electron chi connectivity index (χ3n) is 4.20. The lowest BCUT2D eigenvalue weighted by Crippen LogP contribution is -2.37. The van der Waals surface area contributed by atoms with Gasteiger partial charge in [-0.2, -0.15) is 5.26 Å². The van der Waals surface area contributed by atoms with Gasteiger partial charge >= 0.3 is 0 Å². The van der Waals surface area contributed by atoms with Crippen molar-refractivity contribution in [3.05, 3.63) is 41.1 Å². The Bertz CT molecular complexity index is 607. The molecular weight excluding hydrogens is 274 g/mol. The van der Waals surface area contributed by atoms with Gasteiger partial charge in [-0.25, -0.2) is 0 Å². The first-order valence-electron chi connectivity index (χ1n) is 7.85. The monoisotopic (exact) mass is 297 g/mol. The zero-order valence-corrected chi connectivity index (χ0v) is 13.3. The molecule has 0 aliphatic heterocycles. The number of nitrogens with zero attached hydrogens (tertiary/aromatic N) is 1. The van der Waals surface area contributed by atoms with E-state index in [1.165, 1.54) is 23.7 Å². The van der Waals surface area contributed by atoms with Crippen molar-refractivity contribution >= 4 is 11.6 Å². The van der Waals surface area contributed by atoms with Crippen LogP contribution >= 0.6 is 0 Å². The van der Waals surface area contributed by atoms with E-state index in [9.17, 15) is 10.1 Å². The van der Waals surface area contributed by atoms with Gasteiger partial charge in [0.25, 0.3) is 5.91 Å². The first-order valence-corrected chi connectivity index (χ1v) is 7.85. The highest BCUT2D eigenvalue weighted by Crippen LogP contribution is 2.18. The molecule has 0 bridgehead atoms. The number of carbonyl (C=O) groups excluding carboxylic acids is 1. The van der Waals surface area contributed by atoms with Crippen molar-refractivity contribution in [3.63, 3.8) is 0 Å². The summed E-state index contributed by atoms with van der Waals surface area (Å²) in [5.74, 6) is -0.286. The van der Waals surface area contributed by atoms with E-state index >= 15 is 0 Å². The molecule has 1 aliphatic carbocycles. The second-order valence-electron chi connectivity index (χ2n) is 5.92. The van der Waals surface area contributed by atoms with Gasteiger partial charge in [-0.05, 0) is 49.9 Å². The molecule has 1 aliphatic rings. The molecule has 4 heteroatoms. The Morgan fingerprint density at radius 1 is 1.23 bits per heavy atom. The molecule has 0 aromatic heterocycles. The van der Waals surface area contributed by atoms with Crippen molar-refractivity contribution in [1.29, 1.82) is 5.26 Å². The molecule has 0 radical (unpaired) electrons. The van der Waals surface area contributed by atoms with E-state index < -0.39 is 0 Å². The van der Waals surface area contributed by atoms with Gasteiger partial charge in [0.1, 0.15) is 11.6 Å². The highest BCUT2D eigenvalue weighted by Gasteiger charge is 2.17. The predicted octanol–water partition coefficient (Wildman–Crippen LogP) is 3.57. The number of hydrogen-bond donors (Lipinski definition) is 2. The third kappa shape index (κ3) is 4.36. The second-order valence-corrected chi connectivity index (χ2v) is 5.92. The standard InChI is InChI=1S/C18H23N3O/c1-13-8-9-17(10-14(13)2)20-12-15(11-19)18(22)21-16-6-4-3-5-7-16/h8-10,12,16,20H,3-7H2,1-2H3,(H,21,22)/b15-12-. The Balaban J connectivity index is 1.98. The molecule has 1 amide bonds. The van der Waals surface area contributed by atoms with Crippen molar-refractivity contribution in [2.24, 2.45) is 0 Å². The Kier molecular flexibility index (Phi) is 5.60. The predicted molar refractivity (Wildman–Crippen MR) is 88.3 cm³/mol. The smallest absolute Gasteiger partial charge is 0.263 e. The molecule has 2 rings (SSSR count). The van der Waals surface area contributed by atoms with Gasteiger partial charge in [0, 0.05) is 17.9 Å². The van der Waals surface area contributed by atoms with Crippen LogP contribution in [0.3, 0.4) is 0 Å². The van der Waals surface area contributed by atoms with Crippen LogP contribution in [0.5, 0.6) is 0 Å². The number of carbonyl (C=O) groups is 1. The summed E-state index contributed by atoms with van der Waals surface area (Å²) in [5, 5.41) is 15.2. The quantitative estimate of drug-likeness (QED) is 0.659. The Hall–Kier alpha value is -2.28. The van der Waals surface area contributed by atoms with Crippen molar-refractivity contribution in [2.75, 3.05) is 5.32 Å². The van der Waals surface area contributed by atoms with Crippen LogP contribution in [-0.2, 0) is 4.79 Å². The van der Waals surface area contributed by atoms with Gasteiger partial charge in [-0.15, -0.1) is 0 Å². The van der Waals surface area contributed by atoms with Gasteiger partial charge < -0.3 is 10.6 Å². The average Bonchev–Trinajstić information content (AvgIpc) is 2.52. The molecule has 22 heavy (non-hydrogen) atoms. The maximum atomic E-state index is 12.1. The highest BCUT2D eigenvalue weighted by molar-refractivity contribution is 5.97. The van der Waals surface area contributed by atoms with E-state index in [0.717, 1.165) is 31.4 Å². The number of anilines is 1. The summed E-state index contributed by atoms with van der Waals surface area (Å²) in [5.41, 5.74) is 3.37. The number of hydrogen-bond acceptors (Lipinski definition) is 3. The number of nitriles is 1. The summed E-state index contributed by atoms with van der Waals surface area (Å²) in [7, 11) is 0. The summed E-state index contributed by atoms with van der Waals surface area (Å²) in [6, 6.07) is 8.13. The SMILES string of the molecule is Cc1ccc(N/C=C(/C#N)C(=O)NC2CCCCC2)cc1C. The van der Waals surface area contributed by atoms with Gasteiger partial charge in [0.15, 0.2) is 0 Å². The molecule has 0 heterocycles. The fourth-order valence-corrected chi connectivity index (χ4v) is 2.65. The van der Waals surface area contributed by atoms with E-state index in [0.29, 0.717) is 0 Å². The molecule has 1 aromatic carbocycles. The van der Waals surface area contributed by atoms with Crippen LogP contribution in [0.1, 0.15) is 43.2 Å². The van der Waals surface area contributed by atoms with E-state index in [4.69, 9.17) is 0 Å². The van der Waals surface area contributed by atoms with Gasteiger partial charge in [-0.1, -0.05) is 25.3 Å². The summed E-state index contributed by atoms with van der Waals surface area (Å²) < 4.78 is 0. The number of nitrogens with one attached hydrogen (secondary N) is 2. The van der Waals surface area contributed by atoms with Crippen molar-refractivity contribution < 1.29 is 4.79 Å². The summed E-state index contributed by atoms with van der Waals surface area (Å²) >= 11 is 0. The highest BCUT2D eigenvalue weighted by atomic mass is 16.1. The molecule has 2 N–H and O–H groups in total. The van der Waals surface area contributed by atoms with Crippen LogP contribution in [0.25, 0.3) is 0 Å². The lowest BCUT2D eigenvalue weighted by atomic mass is 9.95. The second kappa shape index (κ2) is 7.65. The number of rotatable bonds is 4. The van der Waals surface area contributed by atoms with Crippen molar-refractivity contribution in [3.8, 4) is 6.07 Å². The lowest BCUT2D eigenvalue weighted by molar-refractivity contribution is -0.118. The van der Waals surface area contributed by atoms with Crippen LogP contribution < -0.4 is 10.6 Å². The summed E-state index contributed by atoms with van der Waals surface area (Å²) in [4.78, 5) is 12.1. The van der Waals surface area contributed by atoms with Crippen LogP contribution in [0.2, 0.25) is 0 Å². The Morgan fingerprint density at radius 3 is 2.59 bits per heavy atom. The largest absolute Gasteiger partial charge is 0.360 e. The molecule has 1 aromatic rings. The fraction of sp³-hybridized carbons (Fsp3) is 0.444. The maximum Gasteiger partial charge on any atom is 0.263 e. The van der Waals surface area contributed by atoms with E-state index in [-0.39, 0.29) is 17.5 Å². The van der Waals surface area contributed by atoms with Crippen LogP contribution in [0.4, 0.5) is 5.69 Å². The molecule has 0 saturated heterocycles. The molecule has 116 valence electrons. The summed E-state index contributed by atoms with van der Waals surface area (Å²) in [6.07, 6.45) is 7.04. The van der Waals surface area contributed by atoms with E-state index in [2.05, 4.69) is 10.6 Å². The van der Waals surface area contributed by atoms with E-state index in [1.54, 1.807) is 0 Å². The molecule has 4 nitrogen and oxygen atoms in total. The summed E-state index contributed by atoms with van der Waals surface area (Å²) in [6.45, 7) is 4.08. The van der Waals surface area contributed by atoms with Crippen molar-refractivity contribution in [2.45, 2.75) is 52.0 Å². The Labute approximate surface area is 132 Å². The normalized spacial score (nSPS) is 16.0. The topological polar surface area (TPSA) is 64.9 Å². The van der Waals surface area contributed by atoms with Gasteiger partial charge in [0.2, 0.25) is 0 Å². The minimum atomic E-state index is -0.286. The number of amides is 1. The average molecular weight is 297 g/mol. The maximum absolute atomic E-state index is 12.1. The number of aryl methyl sites for hydroxylation is 2. The zero-order chi connectivity index (χ0) is 15.9. The van der Waals surface area contributed by atoms with E-state index in [1.807, 2.05) is 38.1 Å². The molecule has 0 spiro atoms. The molecule has 1 fully saturated rings. The van der Waals surface area contributed by atoms with Crippen molar-refractivity contribution in [1.82, 2.24) is 5.32 Å². The third-order valence-corrected chi connectivity index (χ3v) is 4.20. The molecule has 0 atom stereocenters. The first-order chi connectivity index (χ1) is 10.6.